The van der Waals surface area contributed by atoms with Gasteiger partial charge in [-0.05, 0) is 56.5 Å². The lowest BCUT2D eigenvalue weighted by Crippen LogP contribution is -2.48. The van der Waals surface area contributed by atoms with E-state index < -0.39 is 10.2 Å². The summed E-state index contributed by atoms with van der Waals surface area (Å²) in [5.41, 5.74) is 0. The molecule has 2 rings (SSSR count). The third-order valence-electron chi connectivity index (χ3n) is 4.52. The Hall–Kier alpha value is -0.170. The van der Waals surface area contributed by atoms with Crippen LogP contribution in [0.15, 0.2) is 0 Å². The first-order valence-corrected chi connectivity index (χ1v) is 9.42. The van der Waals surface area contributed by atoms with E-state index in [1.807, 2.05) is 0 Å². The van der Waals surface area contributed by atoms with E-state index in [-0.39, 0.29) is 0 Å². The molecule has 1 aliphatic heterocycles. The van der Waals surface area contributed by atoms with E-state index in [1.165, 1.54) is 12.8 Å². The van der Waals surface area contributed by atoms with Crippen molar-refractivity contribution in [2.45, 2.75) is 39.5 Å². The topological polar surface area (TPSA) is 61.4 Å². The highest BCUT2D eigenvalue weighted by Crippen LogP contribution is 2.36. The molecular formula is C14H29N3O2S. The molecular weight excluding hydrogens is 274 g/mol. The first-order chi connectivity index (χ1) is 9.53. The van der Waals surface area contributed by atoms with Gasteiger partial charge in [0, 0.05) is 19.6 Å². The average Bonchev–Trinajstić information content (AvgIpc) is 3.27. The van der Waals surface area contributed by atoms with E-state index in [0.29, 0.717) is 31.5 Å². The monoisotopic (exact) mass is 303 g/mol. The molecule has 118 valence electrons. The van der Waals surface area contributed by atoms with Gasteiger partial charge in [0.05, 0.1) is 0 Å². The summed E-state index contributed by atoms with van der Waals surface area (Å²) in [6.45, 7) is 7.99. The lowest BCUT2D eigenvalue weighted by atomic mass is 10.00. The zero-order valence-corrected chi connectivity index (χ0v) is 13.6. The molecule has 1 saturated heterocycles. The van der Waals surface area contributed by atoms with Gasteiger partial charge in [0.1, 0.15) is 0 Å². The first-order valence-electron chi connectivity index (χ1n) is 7.98. The van der Waals surface area contributed by atoms with Crippen LogP contribution in [0.3, 0.4) is 0 Å². The van der Waals surface area contributed by atoms with Crippen LogP contribution in [0, 0.1) is 17.8 Å². The molecule has 2 unspecified atom stereocenters. The normalized spacial score (nSPS) is 26.6. The predicted molar refractivity (Wildman–Crippen MR) is 81.7 cm³/mol. The molecule has 0 bridgehead atoms. The van der Waals surface area contributed by atoms with Gasteiger partial charge < -0.3 is 5.32 Å². The van der Waals surface area contributed by atoms with E-state index in [1.54, 1.807) is 4.31 Å². The number of hydrogen-bond acceptors (Lipinski definition) is 3. The zero-order chi connectivity index (χ0) is 14.6. The fourth-order valence-corrected chi connectivity index (χ4v) is 4.35. The van der Waals surface area contributed by atoms with Crippen LogP contribution in [0.4, 0.5) is 0 Å². The molecule has 5 nitrogen and oxygen atoms in total. The maximum absolute atomic E-state index is 12.3. The molecule has 0 aromatic heterocycles. The molecule has 0 radical (unpaired) electrons. The van der Waals surface area contributed by atoms with Crippen LogP contribution in [0.5, 0.6) is 0 Å². The fourth-order valence-electron chi connectivity index (χ4n) is 2.92. The van der Waals surface area contributed by atoms with Crippen LogP contribution in [-0.2, 0) is 10.2 Å². The van der Waals surface area contributed by atoms with Crippen LogP contribution in [0.25, 0.3) is 0 Å². The quantitative estimate of drug-likeness (QED) is 0.708. The van der Waals surface area contributed by atoms with Crippen molar-refractivity contribution in [2.75, 3.05) is 32.7 Å². The van der Waals surface area contributed by atoms with Crippen molar-refractivity contribution in [3.05, 3.63) is 0 Å². The molecule has 1 saturated carbocycles. The Labute approximate surface area is 123 Å². The zero-order valence-electron chi connectivity index (χ0n) is 12.8. The van der Waals surface area contributed by atoms with Gasteiger partial charge in [-0.2, -0.15) is 12.7 Å². The molecule has 6 heteroatoms. The molecule has 20 heavy (non-hydrogen) atoms. The largest absolute Gasteiger partial charge is 0.317 e. The van der Waals surface area contributed by atoms with Crippen LogP contribution >= 0.6 is 0 Å². The van der Waals surface area contributed by atoms with Crippen molar-refractivity contribution >= 4 is 10.2 Å². The van der Waals surface area contributed by atoms with Crippen LogP contribution in [0.2, 0.25) is 0 Å². The lowest BCUT2D eigenvalue weighted by Gasteiger charge is -2.32. The third kappa shape index (κ3) is 4.69. The molecule has 2 N–H and O–H groups in total. The minimum atomic E-state index is -3.29. The highest BCUT2D eigenvalue weighted by atomic mass is 32.2. The molecule has 2 aliphatic rings. The van der Waals surface area contributed by atoms with Crippen LogP contribution in [-0.4, -0.2) is 45.4 Å². The van der Waals surface area contributed by atoms with Gasteiger partial charge >= 0.3 is 0 Å². The van der Waals surface area contributed by atoms with Gasteiger partial charge in [-0.1, -0.05) is 13.8 Å². The number of nitrogens with zero attached hydrogens (tertiary/aromatic N) is 1. The molecule has 0 spiro atoms. The molecule has 0 amide bonds. The number of nitrogens with one attached hydrogen (secondary N) is 2. The van der Waals surface area contributed by atoms with E-state index in [4.69, 9.17) is 0 Å². The average molecular weight is 303 g/mol. The molecule has 2 atom stereocenters. The van der Waals surface area contributed by atoms with Gasteiger partial charge in [-0.3, -0.25) is 0 Å². The fraction of sp³-hybridized carbons (Fsp3) is 1.00. The second-order valence-corrected chi connectivity index (χ2v) is 8.10. The summed E-state index contributed by atoms with van der Waals surface area (Å²) in [5.74, 6) is 1.65. The van der Waals surface area contributed by atoms with Crippen molar-refractivity contribution in [1.82, 2.24) is 14.3 Å². The van der Waals surface area contributed by atoms with E-state index in [9.17, 15) is 8.42 Å². The van der Waals surface area contributed by atoms with Gasteiger partial charge in [0.15, 0.2) is 0 Å². The van der Waals surface area contributed by atoms with Gasteiger partial charge in [-0.15, -0.1) is 0 Å². The minimum Gasteiger partial charge on any atom is -0.317 e. The number of rotatable bonds is 8. The van der Waals surface area contributed by atoms with Gasteiger partial charge in [0.25, 0.3) is 10.2 Å². The molecule has 0 aromatic rings. The summed E-state index contributed by atoms with van der Waals surface area (Å²) >= 11 is 0. The second-order valence-electron chi connectivity index (χ2n) is 6.34. The van der Waals surface area contributed by atoms with E-state index in [0.717, 1.165) is 31.8 Å². The predicted octanol–water partition coefficient (Wildman–Crippen LogP) is 1.19. The van der Waals surface area contributed by atoms with Gasteiger partial charge in [0.2, 0.25) is 0 Å². The smallest absolute Gasteiger partial charge is 0.279 e. The van der Waals surface area contributed by atoms with Crippen molar-refractivity contribution in [2.24, 2.45) is 17.8 Å². The Morgan fingerprint density at radius 3 is 2.70 bits per heavy atom. The van der Waals surface area contributed by atoms with E-state index in [2.05, 4.69) is 23.9 Å². The Bertz CT molecular complexity index is 395. The standard InChI is InChI=1S/C14H29N3O2S/c1-3-15-10-13-5-4-8-17(11-13)20(18,19)16-9-12(2)14-6-7-14/h12-16H,3-11H2,1-2H3. The Morgan fingerprint density at radius 1 is 1.30 bits per heavy atom. The maximum atomic E-state index is 12.3. The van der Waals surface area contributed by atoms with Crippen LogP contribution in [0.1, 0.15) is 39.5 Å². The first kappa shape index (κ1) is 16.2. The number of piperidine rings is 1. The molecule has 2 fully saturated rings. The summed E-state index contributed by atoms with van der Waals surface area (Å²) < 4.78 is 29.1. The Balaban J connectivity index is 1.81. The Kier molecular flexibility index (Phi) is 5.84. The summed E-state index contributed by atoms with van der Waals surface area (Å²) in [6, 6.07) is 0. The van der Waals surface area contributed by atoms with Crippen LogP contribution < -0.4 is 10.0 Å². The second kappa shape index (κ2) is 7.20. The van der Waals surface area contributed by atoms with Crippen molar-refractivity contribution in [3.8, 4) is 0 Å². The van der Waals surface area contributed by atoms with Gasteiger partial charge in [-0.25, -0.2) is 4.72 Å². The van der Waals surface area contributed by atoms with Crippen molar-refractivity contribution in [3.63, 3.8) is 0 Å². The molecule has 1 heterocycles. The summed E-state index contributed by atoms with van der Waals surface area (Å²) in [5, 5.41) is 3.32. The SMILES string of the molecule is CCNCC1CCCN(S(=O)(=O)NCC(C)C2CC2)C1. The van der Waals surface area contributed by atoms with Crippen molar-refractivity contribution < 1.29 is 8.42 Å². The maximum Gasteiger partial charge on any atom is 0.279 e. The summed E-state index contributed by atoms with van der Waals surface area (Å²) in [7, 11) is -3.29. The number of hydrogen-bond donors (Lipinski definition) is 2. The molecule has 0 aromatic carbocycles. The Morgan fingerprint density at radius 2 is 2.05 bits per heavy atom. The third-order valence-corrected chi connectivity index (χ3v) is 6.06. The summed E-state index contributed by atoms with van der Waals surface area (Å²) in [6.07, 6.45) is 4.61. The van der Waals surface area contributed by atoms with E-state index >= 15 is 0 Å². The molecule has 1 aliphatic carbocycles. The highest BCUT2D eigenvalue weighted by molar-refractivity contribution is 7.87. The minimum absolute atomic E-state index is 0.445. The van der Waals surface area contributed by atoms with Crippen molar-refractivity contribution in [1.29, 1.82) is 0 Å². The summed E-state index contributed by atoms with van der Waals surface area (Å²) in [4.78, 5) is 0. The highest BCUT2D eigenvalue weighted by Gasteiger charge is 2.31. The lowest BCUT2D eigenvalue weighted by molar-refractivity contribution is 0.258.